The van der Waals surface area contributed by atoms with Gasteiger partial charge in [0.15, 0.2) is 0 Å². The molecular formula is C10H16O. The predicted molar refractivity (Wildman–Crippen MR) is 44.3 cm³/mol. The summed E-state index contributed by atoms with van der Waals surface area (Å²) in [6.07, 6.45) is 6.94. The fraction of sp³-hybridized carbons (Fsp3) is 0.900. The van der Waals surface area contributed by atoms with Crippen molar-refractivity contribution in [1.29, 1.82) is 0 Å². The highest BCUT2D eigenvalue weighted by Gasteiger charge is 2.42. The summed E-state index contributed by atoms with van der Waals surface area (Å²) in [6, 6.07) is 0. The summed E-state index contributed by atoms with van der Waals surface area (Å²) in [5.41, 5.74) is 0.412. The Morgan fingerprint density at radius 3 is 3.09 bits per heavy atom. The summed E-state index contributed by atoms with van der Waals surface area (Å²) >= 11 is 0. The molecule has 0 aromatic rings. The third kappa shape index (κ3) is 1.11. The quantitative estimate of drug-likeness (QED) is 0.521. The average Bonchev–Trinajstić information content (AvgIpc) is 2.28. The molecule has 1 nitrogen and oxygen atoms in total. The number of hydrogen-bond acceptors (Lipinski definition) is 1. The van der Waals surface area contributed by atoms with Gasteiger partial charge >= 0.3 is 0 Å². The summed E-state index contributed by atoms with van der Waals surface area (Å²) in [4.78, 5) is 11.2. The van der Waals surface area contributed by atoms with E-state index in [4.69, 9.17) is 0 Å². The van der Waals surface area contributed by atoms with Gasteiger partial charge in [-0.05, 0) is 30.6 Å². The molecule has 0 saturated heterocycles. The molecule has 0 bridgehead atoms. The van der Waals surface area contributed by atoms with Crippen molar-refractivity contribution in [3.8, 4) is 0 Å². The summed E-state index contributed by atoms with van der Waals surface area (Å²) in [6.45, 7) is 2.31. The lowest BCUT2D eigenvalue weighted by atomic mass is 9.69. The molecule has 0 unspecified atom stereocenters. The van der Waals surface area contributed by atoms with Gasteiger partial charge in [-0.25, -0.2) is 0 Å². The molecule has 0 aromatic heterocycles. The van der Waals surface area contributed by atoms with Crippen molar-refractivity contribution >= 4 is 5.78 Å². The van der Waals surface area contributed by atoms with Gasteiger partial charge in [0.25, 0.3) is 0 Å². The minimum Gasteiger partial charge on any atom is -0.300 e. The maximum absolute atomic E-state index is 11.2. The van der Waals surface area contributed by atoms with Gasteiger partial charge < -0.3 is 0 Å². The highest BCUT2D eigenvalue weighted by atomic mass is 16.1. The molecule has 2 aliphatic rings. The summed E-state index contributed by atoms with van der Waals surface area (Å²) in [7, 11) is 0. The number of hydrogen-bond donors (Lipinski definition) is 0. The van der Waals surface area contributed by atoms with Crippen LogP contribution in [0.15, 0.2) is 0 Å². The van der Waals surface area contributed by atoms with Gasteiger partial charge in [-0.3, -0.25) is 4.79 Å². The topological polar surface area (TPSA) is 17.1 Å². The zero-order valence-electron chi connectivity index (χ0n) is 7.23. The Kier molecular flexibility index (Phi) is 1.55. The number of ketones is 1. The van der Waals surface area contributed by atoms with Crippen molar-refractivity contribution in [1.82, 2.24) is 0 Å². The van der Waals surface area contributed by atoms with Crippen molar-refractivity contribution in [3.05, 3.63) is 0 Å². The first-order valence-corrected chi connectivity index (χ1v) is 4.72. The third-order valence-electron chi connectivity index (χ3n) is 3.66. The van der Waals surface area contributed by atoms with Crippen molar-refractivity contribution < 1.29 is 4.79 Å². The first-order valence-electron chi connectivity index (χ1n) is 4.72. The molecule has 0 radical (unpaired) electrons. The van der Waals surface area contributed by atoms with Crippen LogP contribution in [0.3, 0.4) is 0 Å². The van der Waals surface area contributed by atoms with Gasteiger partial charge in [-0.15, -0.1) is 0 Å². The van der Waals surface area contributed by atoms with Crippen LogP contribution in [0.1, 0.15) is 45.4 Å². The van der Waals surface area contributed by atoms with Crippen molar-refractivity contribution in [2.24, 2.45) is 11.3 Å². The molecule has 2 aliphatic carbocycles. The van der Waals surface area contributed by atoms with E-state index in [1.54, 1.807) is 0 Å². The Bertz CT molecular complexity index is 185. The van der Waals surface area contributed by atoms with E-state index in [-0.39, 0.29) is 0 Å². The van der Waals surface area contributed by atoms with Crippen LogP contribution in [0.2, 0.25) is 0 Å². The van der Waals surface area contributed by atoms with Crippen LogP contribution in [0.25, 0.3) is 0 Å². The van der Waals surface area contributed by atoms with Gasteiger partial charge in [0, 0.05) is 12.8 Å². The van der Waals surface area contributed by atoms with Crippen LogP contribution >= 0.6 is 0 Å². The van der Waals surface area contributed by atoms with Gasteiger partial charge in [0.1, 0.15) is 5.78 Å². The summed E-state index contributed by atoms with van der Waals surface area (Å²) < 4.78 is 0. The maximum atomic E-state index is 11.2. The van der Waals surface area contributed by atoms with E-state index < -0.39 is 0 Å². The van der Waals surface area contributed by atoms with Crippen LogP contribution in [0.5, 0.6) is 0 Å². The van der Waals surface area contributed by atoms with E-state index in [1.807, 2.05) is 0 Å². The lowest BCUT2D eigenvalue weighted by Crippen LogP contribution is -2.30. The smallest absolute Gasteiger partial charge is 0.133 e. The molecule has 62 valence electrons. The molecule has 0 aromatic carbocycles. The third-order valence-corrected chi connectivity index (χ3v) is 3.66. The van der Waals surface area contributed by atoms with Crippen LogP contribution < -0.4 is 0 Å². The largest absolute Gasteiger partial charge is 0.300 e. The van der Waals surface area contributed by atoms with E-state index in [0.29, 0.717) is 11.2 Å². The fourth-order valence-electron chi connectivity index (χ4n) is 2.90. The molecule has 0 aliphatic heterocycles. The minimum absolute atomic E-state index is 0.412. The second-order valence-electron chi connectivity index (χ2n) is 4.50. The molecule has 2 saturated carbocycles. The number of carbonyl (C=O) groups excluding carboxylic acids is 1. The molecule has 0 N–H and O–H groups in total. The molecule has 0 amide bonds. The van der Waals surface area contributed by atoms with E-state index in [2.05, 4.69) is 6.92 Å². The second kappa shape index (κ2) is 2.33. The number of fused-ring (bicyclic) bond motifs is 1. The molecule has 2 rings (SSSR count). The van der Waals surface area contributed by atoms with Crippen molar-refractivity contribution in [2.75, 3.05) is 0 Å². The van der Waals surface area contributed by atoms with Crippen LogP contribution in [-0.2, 0) is 4.79 Å². The highest BCUT2D eigenvalue weighted by Crippen LogP contribution is 2.50. The maximum Gasteiger partial charge on any atom is 0.133 e. The van der Waals surface area contributed by atoms with Crippen LogP contribution in [0.4, 0.5) is 0 Å². The zero-order valence-corrected chi connectivity index (χ0v) is 7.23. The Labute approximate surface area is 68.2 Å². The summed E-state index contributed by atoms with van der Waals surface area (Å²) in [5, 5.41) is 0. The normalized spacial score (nSPS) is 44.1. The number of rotatable bonds is 0. The number of carbonyl (C=O) groups is 1. The zero-order chi connectivity index (χ0) is 7.90. The predicted octanol–water partition coefficient (Wildman–Crippen LogP) is 2.55. The lowest BCUT2D eigenvalue weighted by Gasteiger charge is -2.35. The van der Waals surface area contributed by atoms with E-state index in [0.717, 1.165) is 18.8 Å². The van der Waals surface area contributed by atoms with E-state index in [9.17, 15) is 4.79 Å². The van der Waals surface area contributed by atoms with Gasteiger partial charge in [-0.2, -0.15) is 0 Å². The molecule has 0 heterocycles. The lowest BCUT2D eigenvalue weighted by molar-refractivity contribution is -0.124. The minimum atomic E-state index is 0.412. The van der Waals surface area contributed by atoms with Crippen LogP contribution in [-0.4, -0.2) is 5.78 Å². The van der Waals surface area contributed by atoms with E-state index >= 15 is 0 Å². The van der Waals surface area contributed by atoms with Crippen molar-refractivity contribution in [2.45, 2.75) is 45.4 Å². The molecule has 0 spiro atoms. The Hall–Kier alpha value is -0.330. The van der Waals surface area contributed by atoms with Gasteiger partial charge in [0.05, 0.1) is 0 Å². The van der Waals surface area contributed by atoms with Gasteiger partial charge in [-0.1, -0.05) is 13.3 Å². The molecule has 2 fully saturated rings. The van der Waals surface area contributed by atoms with Gasteiger partial charge in [0.2, 0.25) is 0 Å². The summed E-state index contributed by atoms with van der Waals surface area (Å²) in [5.74, 6) is 1.38. The Morgan fingerprint density at radius 1 is 1.45 bits per heavy atom. The Balaban J connectivity index is 2.16. The van der Waals surface area contributed by atoms with Crippen molar-refractivity contribution in [3.63, 3.8) is 0 Å². The first kappa shape index (κ1) is 7.33. The standard InChI is InChI=1S/C10H16O/c1-10-6-2-3-8(10)4-5-9(11)7-10/h8H,2-7H2,1H3/t8-,10+/m1/s1. The average molecular weight is 152 g/mol. The second-order valence-corrected chi connectivity index (χ2v) is 4.50. The monoisotopic (exact) mass is 152 g/mol. The molecule has 1 heteroatoms. The highest BCUT2D eigenvalue weighted by molar-refractivity contribution is 5.80. The molecule has 11 heavy (non-hydrogen) atoms. The first-order chi connectivity index (χ1) is 5.21. The fourth-order valence-corrected chi connectivity index (χ4v) is 2.90. The van der Waals surface area contributed by atoms with Crippen LogP contribution in [0, 0.1) is 11.3 Å². The molecular weight excluding hydrogens is 136 g/mol. The SMILES string of the molecule is C[C@@]12CCC[C@@H]1CCC(=O)C2. The van der Waals surface area contributed by atoms with E-state index in [1.165, 1.54) is 25.7 Å². The Morgan fingerprint density at radius 2 is 2.27 bits per heavy atom. The number of Topliss-reactive ketones (excluding diaryl/α,β-unsaturated/α-hetero) is 1. The molecule has 2 atom stereocenters.